The highest BCUT2D eigenvalue weighted by molar-refractivity contribution is 7.91. The molecule has 0 saturated carbocycles. The van der Waals surface area contributed by atoms with E-state index in [9.17, 15) is 21.6 Å². The molecular weight excluding hydrogens is 426 g/mol. The van der Waals surface area contributed by atoms with Gasteiger partial charge in [-0.3, -0.25) is 9.69 Å². The third-order valence-corrected chi connectivity index (χ3v) is 10.1. The fourth-order valence-electron chi connectivity index (χ4n) is 4.21. The number of sulfonamides is 1. The van der Waals surface area contributed by atoms with Crippen molar-refractivity contribution in [3.8, 4) is 0 Å². The molecule has 0 aliphatic carbocycles. The second-order valence-electron chi connectivity index (χ2n) is 8.44. The number of benzene rings is 1. The summed E-state index contributed by atoms with van der Waals surface area (Å²) >= 11 is 0. The van der Waals surface area contributed by atoms with E-state index in [0.717, 1.165) is 22.3 Å². The first-order valence-corrected chi connectivity index (χ1v) is 13.5. The fourth-order valence-corrected chi connectivity index (χ4v) is 7.88. The van der Waals surface area contributed by atoms with Gasteiger partial charge in [0.05, 0.1) is 22.9 Å². The van der Waals surface area contributed by atoms with E-state index in [0.29, 0.717) is 37.5 Å². The predicted molar refractivity (Wildman–Crippen MR) is 116 cm³/mol. The molecule has 1 N–H and O–H groups in total. The molecule has 1 amide bonds. The highest BCUT2D eigenvalue weighted by Crippen LogP contribution is 2.29. The van der Waals surface area contributed by atoms with E-state index in [2.05, 4.69) is 5.32 Å². The Bertz CT molecular complexity index is 1020. The molecule has 2 fully saturated rings. The van der Waals surface area contributed by atoms with Crippen molar-refractivity contribution >= 4 is 25.8 Å². The summed E-state index contributed by atoms with van der Waals surface area (Å²) in [4.78, 5) is 14.6. The Hall–Kier alpha value is -1.49. The number of rotatable bonds is 5. The molecule has 3 rings (SSSR count). The molecule has 2 aliphatic rings. The van der Waals surface area contributed by atoms with Gasteiger partial charge in [-0.25, -0.2) is 16.8 Å². The Labute approximate surface area is 179 Å². The van der Waals surface area contributed by atoms with Gasteiger partial charge in [-0.2, -0.15) is 4.31 Å². The van der Waals surface area contributed by atoms with E-state index in [4.69, 9.17) is 0 Å². The minimum Gasteiger partial charge on any atom is -0.351 e. The second kappa shape index (κ2) is 8.57. The minimum atomic E-state index is -3.61. The van der Waals surface area contributed by atoms with Crippen LogP contribution in [0.5, 0.6) is 0 Å². The molecule has 168 valence electrons. The number of hydrogen-bond acceptors (Lipinski definition) is 6. The van der Waals surface area contributed by atoms with Gasteiger partial charge in [0.1, 0.15) is 0 Å². The average molecular weight is 458 g/mol. The molecule has 30 heavy (non-hydrogen) atoms. The van der Waals surface area contributed by atoms with Crippen molar-refractivity contribution in [2.24, 2.45) is 0 Å². The van der Waals surface area contributed by atoms with Gasteiger partial charge in [0.2, 0.25) is 15.9 Å². The minimum absolute atomic E-state index is 0.000622. The average Bonchev–Trinajstić information content (AvgIpc) is 2.98. The smallest absolute Gasteiger partial charge is 0.243 e. The predicted octanol–water partition coefficient (Wildman–Crippen LogP) is 0.530. The van der Waals surface area contributed by atoms with Crippen LogP contribution in [0, 0.1) is 27.7 Å². The van der Waals surface area contributed by atoms with E-state index in [-0.39, 0.29) is 30.0 Å². The first-order chi connectivity index (χ1) is 13.9. The standard InChI is InChI=1S/C20H31N3O5S2/c1-14-11-15(2)17(4)20(16(14)3)30(27,28)23-8-6-22(7-9-23)12-19(24)21-18-5-10-29(25,26)13-18/h11,18H,5-10,12-13H2,1-4H3,(H,21,24). The number of carbonyl (C=O) groups is 1. The van der Waals surface area contributed by atoms with Crippen LogP contribution in [0.15, 0.2) is 11.0 Å². The number of aryl methyl sites for hydroxylation is 2. The van der Waals surface area contributed by atoms with Gasteiger partial charge < -0.3 is 5.32 Å². The number of nitrogens with zero attached hydrogens (tertiary/aromatic N) is 2. The fraction of sp³-hybridized carbons (Fsp3) is 0.650. The van der Waals surface area contributed by atoms with Gasteiger partial charge in [0, 0.05) is 32.2 Å². The van der Waals surface area contributed by atoms with Crippen LogP contribution in [-0.4, -0.2) is 82.2 Å². The van der Waals surface area contributed by atoms with Crippen LogP contribution in [-0.2, 0) is 24.7 Å². The van der Waals surface area contributed by atoms with Crippen molar-refractivity contribution in [1.82, 2.24) is 14.5 Å². The lowest BCUT2D eigenvalue weighted by Crippen LogP contribution is -2.52. The monoisotopic (exact) mass is 457 g/mol. The molecule has 2 aliphatic heterocycles. The number of amides is 1. The number of piperazine rings is 1. The maximum absolute atomic E-state index is 13.3. The Morgan fingerprint density at radius 2 is 1.63 bits per heavy atom. The van der Waals surface area contributed by atoms with Crippen LogP contribution < -0.4 is 5.32 Å². The number of nitrogens with one attached hydrogen (secondary N) is 1. The van der Waals surface area contributed by atoms with Crippen LogP contribution in [0.3, 0.4) is 0 Å². The molecule has 0 radical (unpaired) electrons. The summed E-state index contributed by atoms with van der Waals surface area (Å²) in [7, 11) is -6.65. The lowest BCUT2D eigenvalue weighted by molar-refractivity contribution is -0.123. The molecule has 2 saturated heterocycles. The molecule has 0 aromatic heterocycles. The van der Waals surface area contributed by atoms with Gasteiger partial charge >= 0.3 is 0 Å². The Kier molecular flexibility index (Phi) is 6.62. The Balaban J connectivity index is 1.61. The zero-order valence-electron chi connectivity index (χ0n) is 18.1. The molecule has 10 heteroatoms. The zero-order valence-corrected chi connectivity index (χ0v) is 19.7. The highest BCUT2D eigenvalue weighted by Gasteiger charge is 2.33. The van der Waals surface area contributed by atoms with E-state index in [1.54, 1.807) is 0 Å². The molecule has 8 nitrogen and oxygen atoms in total. The maximum Gasteiger partial charge on any atom is 0.243 e. The van der Waals surface area contributed by atoms with Crippen molar-refractivity contribution < 1.29 is 21.6 Å². The molecule has 1 aromatic rings. The van der Waals surface area contributed by atoms with Crippen LogP contribution in [0.2, 0.25) is 0 Å². The summed E-state index contributed by atoms with van der Waals surface area (Å²) < 4.78 is 51.2. The van der Waals surface area contributed by atoms with E-state index in [1.165, 1.54) is 4.31 Å². The van der Waals surface area contributed by atoms with Gasteiger partial charge in [0.15, 0.2) is 9.84 Å². The highest BCUT2D eigenvalue weighted by atomic mass is 32.2. The van der Waals surface area contributed by atoms with E-state index >= 15 is 0 Å². The number of sulfone groups is 1. The van der Waals surface area contributed by atoms with Crippen molar-refractivity contribution in [2.45, 2.75) is 45.1 Å². The van der Waals surface area contributed by atoms with Crippen molar-refractivity contribution in [3.63, 3.8) is 0 Å². The summed E-state index contributed by atoms with van der Waals surface area (Å²) in [6, 6.07) is 1.69. The first-order valence-electron chi connectivity index (χ1n) is 10.2. The summed E-state index contributed by atoms with van der Waals surface area (Å²) in [5.74, 6) is -0.0973. The summed E-state index contributed by atoms with van der Waals surface area (Å²) in [6.45, 7) is 9.23. The van der Waals surface area contributed by atoms with Gasteiger partial charge in [-0.15, -0.1) is 0 Å². The number of hydrogen-bond donors (Lipinski definition) is 1. The lowest BCUT2D eigenvalue weighted by Gasteiger charge is -2.34. The van der Waals surface area contributed by atoms with E-state index in [1.807, 2.05) is 38.7 Å². The van der Waals surface area contributed by atoms with Gasteiger partial charge in [-0.1, -0.05) is 6.07 Å². The Morgan fingerprint density at radius 1 is 1.07 bits per heavy atom. The van der Waals surface area contributed by atoms with Crippen LogP contribution in [0.4, 0.5) is 0 Å². The van der Waals surface area contributed by atoms with Gasteiger partial charge in [-0.05, 0) is 56.4 Å². The molecule has 1 atom stereocenters. The summed E-state index contributed by atoms with van der Waals surface area (Å²) in [5, 5.41) is 2.78. The van der Waals surface area contributed by atoms with Crippen LogP contribution in [0.25, 0.3) is 0 Å². The summed E-state index contributed by atoms with van der Waals surface area (Å²) in [5.41, 5.74) is 3.49. The molecule has 1 aromatic carbocycles. The van der Waals surface area contributed by atoms with E-state index < -0.39 is 19.9 Å². The van der Waals surface area contributed by atoms with Crippen molar-refractivity contribution in [2.75, 3.05) is 44.2 Å². The van der Waals surface area contributed by atoms with Crippen LogP contribution >= 0.6 is 0 Å². The molecular formula is C20H31N3O5S2. The largest absolute Gasteiger partial charge is 0.351 e. The Morgan fingerprint density at radius 3 is 2.13 bits per heavy atom. The van der Waals surface area contributed by atoms with Crippen LogP contribution in [0.1, 0.15) is 28.7 Å². The topological polar surface area (TPSA) is 104 Å². The third-order valence-electron chi connectivity index (χ3n) is 6.19. The quantitative estimate of drug-likeness (QED) is 0.692. The normalized spacial score (nSPS) is 22.9. The molecule has 2 heterocycles. The maximum atomic E-state index is 13.3. The van der Waals surface area contributed by atoms with Gasteiger partial charge in [0.25, 0.3) is 0 Å². The molecule has 1 unspecified atom stereocenters. The zero-order chi connectivity index (χ0) is 22.3. The number of carbonyl (C=O) groups excluding carboxylic acids is 1. The summed E-state index contributed by atoms with van der Waals surface area (Å²) in [6.07, 6.45) is 0.453. The lowest BCUT2D eigenvalue weighted by atomic mass is 10.0. The third kappa shape index (κ3) is 4.87. The molecule has 0 bridgehead atoms. The SMILES string of the molecule is Cc1cc(C)c(C)c(S(=O)(=O)N2CCN(CC(=O)NC3CCS(=O)(=O)C3)CC2)c1C. The van der Waals surface area contributed by atoms with Crippen molar-refractivity contribution in [1.29, 1.82) is 0 Å². The second-order valence-corrected chi connectivity index (χ2v) is 12.5. The van der Waals surface area contributed by atoms with Crippen molar-refractivity contribution in [3.05, 3.63) is 28.3 Å². The molecule has 0 spiro atoms. The first kappa shape index (κ1) is 23.2.